The van der Waals surface area contributed by atoms with Crippen molar-refractivity contribution in [3.63, 3.8) is 0 Å². The molecule has 0 heterocycles. The summed E-state index contributed by atoms with van der Waals surface area (Å²) in [6.07, 6.45) is 1.52. The van der Waals surface area contributed by atoms with Crippen LogP contribution >= 0.6 is 31.9 Å². The number of carbonyl (C=O) groups is 1. The van der Waals surface area contributed by atoms with Crippen LogP contribution in [0.15, 0.2) is 44.4 Å². The fourth-order valence-corrected chi connectivity index (χ4v) is 3.47. The molecule has 0 bridgehead atoms. The third-order valence-corrected chi connectivity index (χ3v) is 4.53. The fourth-order valence-electron chi connectivity index (χ4n) is 2.05. The molecule has 2 aromatic carbocycles. The van der Waals surface area contributed by atoms with E-state index in [0.717, 1.165) is 20.1 Å². The van der Waals surface area contributed by atoms with Gasteiger partial charge in [0.2, 0.25) is 0 Å². The maximum atomic E-state index is 11.8. The second kappa shape index (κ2) is 9.01. The lowest BCUT2D eigenvalue weighted by molar-refractivity contribution is -0.123. The second-order valence-corrected chi connectivity index (χ2v) is 7.11. The number of amides is 1. The van der Waals surface area contributed by atoms with Crippen LogP contribution in [0.3, 0.4) is 0 Å². The third kappa shape index (κ3) is 5.57. The number of hydrogen-bond donors (Lipinski definition) is 1. The highest BCUT2D eigenvalue weighted by molar-refractivity contribution is 9.11. The monoisotopic (exact) mass is 468 g/mol. The van der Waals surface area contributed by atoms with Gasteiger partial charge < -0.3 is 9.47 Å². The number of nitrogens with zero attached hydrogens (tertiary/aromatic N) is 1. The summed E-state index contributed by atoms with van der Waals surface area (Å²) >= 11 is 6.82. The summed E-state index contributed by atoms with van der Waals surface area (Å²) in [4.78, 5) is 11.8. The molecular weight excluding hydrogens is 452 g/mol. The topological polar surface area (TPSA) is 59.9 Å². The third-order valence-electron chi connectivity index (χ3n) is 3.48. The molecule has 5 nitrogen and oxygen atoms in total. The van der Waals surface area contributed by atoms with Gasteiger partial charge >= 0.3 is 0 Å². The summed E-state index contributed by atoms with van der Waals surface area (Å²) in [7, 11) is 1.57. The van der Waals surface area contributed by atoms with Crippen LogP contribution in [0, 0.1) is 13.8 Å². The van der Waals surface area contributed by atoms with Crippen LogP contribution in [-0.2, 0) is 4.79 Å². The van der Waals surface area contributed by atoms with Gasteiger partial charge in [0.15, 0.2) is 6.61 Å². The number of hydrazone groups is 1. The lowest BCUT2D eigenvalue weighted by Crippen LogP contribution is -2.24. The van der Waals surface area contributed by atoms with Gasteiger partial charge in [0.1, 0.15) is 11.5 Å². The van der Waals surface area contributed by atoms with Crippen LogP contribution in [0.2, 0.25) is 0 Å². The Morgan fingerprint density at radius 1 is 1.20 bits per heavy atom. The Morgan fingerprint density at radius 3 is 2.64 bits per heavy atom. The Bertz CT molecular complexity index is 807. The standard InChI is InChI=1S/C18H18Br2N2O3/c1-11-4-5-15(6-12(11)2)25-10-17(23)22-21-9-13-7-14(19)8-16(20)18(13)24-3/h4-9H,10H2,1-3H3,(H,22,23)/b21-9+. The average Bonchev–Trinajstić information content (AvgIpc) is 2.55. The highest BCUT2D eigenvalue weighted by atomic mass is 79.9. The SMILES string of the molecule is COc1c(Br)cc(Br)cc1/C=N/NC(=O)COc1ccc(C)c(C)c1. The van der Waals surface area contributed by atoms with Crippen LogP contribution in [0.4, 0.5) is 0 Å². The summed E-state index contributed by atoms with van der Waals surface area (Å²) in [5.41, 5.74) is 5.45. The van der Waals surface area contributed by atoms with E-state index in [1.165, 1.54) is 11.8 Å². The number of aryl methyl sites for hydroxylation is 2. The predicted octanol–water partition coefficient (Wildman–Crippen LogP) is 4.37. The average molecular weight is 470 g/mol. The number of hydrogen-bond acceptors (Lipinski definition) is 4. The number of ether oxygens (including phenoxy) is 2. The second-order valence-electron chi connectivity index (χ2n) is 5.34. The smallest absolute Gasteiger partial charge is 0.277 e. The summed E-state index contributed by atoms with van der Waals surface area (Å²) < 4.78 is 12.4. The molecule has 1 amide bonds. The zero-order chi connectivity index (χ0) is 18.4. The van der Waals surface area contributed by atoms with Gasteiger partial charge in [-0.3, -0.25) is 4.79 Å². The Balaban J connectivity index is 1.93. The molecule has 0 spiro atoms. The first-order valence-electron chi connectivity index (χ1n) is 7.45. The van der Waals surface area contributed by atoms with E-state index >= 15 is 0 Å². The Labute approximate surface area is 163 Å². The predicted molar refractivity (Wildman–Crippen MR) is 106 cm³/mol. The van der Waals surface area contributed by atoms with E-state index in [1.807, 2.05) is 44.2 Å². The molecule has 25 heavy (non-hydrogen) atoms. The molecular formula is C18H18Br2N2O3. The Kier molecular flexibility index (Phi) is 7.01. The van der Waals surface area contributed by atoms with E-state index in [2.05, 4.69) is 42.4 Å². The molecule has 0 aliphatic heterocycles. The van der Waals surface area contributed by atoms with E-state index in [9.17, 15) is 4.79 Å². The Morgan fingerprint density at radius 2 is 1.96 bits per heavy atom. The van der Waals surface area contributed by atoms with E-state index in [4.69, 9.17) is 9.47 Å². The molecule has 0 saturated heterocycles. The summed E-state index contributed by atoms with van der Waals surface area (Å²) in [6, 6.07) is 9.40. The summed E-state index contributed by atoms with van der Waals surface area (Å²) in [5, 5.41) is 3.95. The maximum absolute atomic E-state index is 11.8. The van der Waals surface area contributed by atoms with E-state index < -0.39 is 0 Å². The van der Waals surface area contributed by atoms with Crippen molar-refractivity contribution in [1.82, 2.24) is 5.43 Å². The molecule has 0 aliphatic carbocycles. The van der Waals surface area contributed by atoms with Crippen molar-refractivity contribution in [3.05, 3.63) is 56.0 Å². The molecule has 0 unspecified atom stereocenters. The molecule has 0 aromatic heterocycles. The number of methoxy groups -OCH3 is 1. The minimum absolute atomic E-state index is 0.112. The normalized spacial score (nSPS) is 10.8. The highest BCUT2D eigenvalue weighted by Crippen LogP contribution is 2.31. The molecule has 0 radical (unpaired) electrons. The van der Waals surface area contributed by atoms with Crippen molar-refractivity contribution in [2.45, 2.75) is 13.8 Å². The molecule has 2 rings (SSSR count). The molecule has 7 heteroatoms. The molecule has 2 aromatic rings. The van der Waals surface area contributed by atoms with Crippen molar-refractivity contribution in [1.29, 1.82) is 0 Å². The lowest BCUT2D eigenvalue weighted by atomic mass is 10.1. The maximum Gasteiger partial charge on any atom is 0.277 e. The summed E-state index contributed by atoms with van der Waals surface area (Å²) in [5.74, 6) is 0.940. The van der Waals surface area contributed by atoms with Crippen LogP contribution in [0.1, 0.15) is 16.7 Å². The molecule has 0 aliphatic rings. The van der Waals surface area contributed by atoms with Gasteiger partial charge in [-0.25, -0.2) is 5.43 Å². The first kappa shape index (κ1) is 19.5. The van der Waals surface area contributed by atoms with Gasteiger partial charge in [-0.2, -0.15) is 5.10 Å². The van der Waals surface area contributed by atoms with Gasteiger partial charge in [0.05, 0.1) is 17.8 Å². The van der Waals surface area contributed by atoms with Crippen molar-refractivity contribution >= 4 is 44.0 Å². The van der Waals surface area contributed by atoms with Crippen molar-refractivity contribution in [2.75, 3.05) is 13.7 Å². The number of nitrogens with one attached hydrogen (secondary N) is 1. The highest BCUT2D eigenvalue weighted by Gasteiger charge is 2.08. The van der Waals surface area contributed by atoms with E-state index in [1.54, 1.807) is 7.11 Å². The first-order valence-corrected chi connectivity index (χ1v) is 9.04. The van der Waals surface area contributed by atoms with Crippen molar-refractivity contribution in [3.8, 4) is 11.5 Å². The van der Waals surface area contributed by atoms with E-state index in [0.29, 0.717) is 11.5 Å². The Hall–Kier alpha value is -1.86. The van der Waals surface area contributed by atoms with Crippen LogP contribution < -0.4 is 14.9 Å². The van der Waals surface area contributed by atoms with Crippen molar-refractivity contribution in [2.24, 2.45) is 5.10 Å². The zero-order valence-electron chi connectivity index (χ0n) is 14.1. The minimum Gasteiger partial charge on any atom is -0.495 e. The first-order chi connectivity index (χ1) is 11.9. The van der Waals surface area contributed by atoms with Gasteiger partial charge in [0, 0.05) is 10.0 Å². The van der Waals surface area contributed by atoms with Gasteiger partial charge in [-0.05, 0) is 65.2 Å². The molecule has 0 fully saturated rings. The zero-order valence-corrected chi connectivity index (χ0v) is 17.3. The largest absolute Gasteiger partial charge is 0.495 e. The molecule has 1 N–H and O–H groups in total. The molecule has 0 atom stereocenters. The molecule has 132 valence electrons. The fraction of sp³-hybridized carbons (Fsp3) is 0.222. The van der Waals surface area contributed by atoms with Crippen LogP contribution in [-0.4, -0.2) is 25.8 Å². The summed E-state index contributed by atoms with van der Waals surface area (Å²) in [6.45, 7) is 3.91. The quantitative estimate of drug-likeness (QED) is 0.504. The van der Waals surface area contributed by atoms with Crippen LogP contribution in [0.25, 0.3) is 0 Å². The molecule has 0 saturated carbocycles. The lowest BCUT2D eigenvalue weighted by Gasteiger charge is -2.08. The minimum atomic E-state index is -0.345. The number of benzene rings is 2. The number of rotatable bonds is 6. The van der Waals surface area contributed by atoms with Gasteiger partial charge in [-0.15, -0.1) is 0 Å². The van der Waals surface area contributed by atoms with Gasteiger partial charge in [0.25, 0.3) is 5.91 Å². The number of halogens is 2. The van der Waals surface area contributed by atoms with Crippen LogP contribution in [0.5, 0.6) is 11.5 Å². The number of carbonyl (C=O) groups excluding carboxylic acids is 1. The van der Waals surface area contributed by atoms with E-state index in [-0.39, 0.29) is 12.5 Å². The van der Waals surface area contributed by atoms with Crippen molar-refractivity contribution < 1.29 is 14.3 Å². The van der Waals surface area contributed by atoms with Gasteiger partial charge in [-0.1, -0.05) is 22.0 Å².